The summed E-state index contributed by atoms with van der Waals surface area (Å²) >= 11 is 0.983. The molecule has 6 nitrogen and oxygen atoms in total. The Morgan fingerprint density at radius 3 is 2.89 bits per heavy atom. The summed E-state index contributed by atoms with van der Waals surface area (Å²) in [6.45, 7) is 0. The van der Waals surface area contributed by atoms with Gasteiger partial charge in [-0.15, -0.1) is 0 Å². The van der Waals surface area contributed by atoms with Crippen LogP contribution < -0.4 is 11.3 Å². The lowest BCUT2D eigenvalue weighted by Gasteiger charge is -2.04. The molecular formula is C11H8FN3O3S. The molecule has 2 rings (SSSR count). The zero-order valence-corrected chi connectivity index (χ0v) is 10.2. The number of hydrogen-bond donors (Lipinski definition) is 3. The first kappa shape index (κ1) is 13.1. The van der Waals surface area contributed by atoms with E-state index in [1.165, 1.54) is 12.4 Å². The van der Waals surface area contributed by atoms with Crippen LogP contribution in [0.25, 0.3) is 0 Å². The van der Waals surface area contributed by atoms with Gasteiger partial charge in [0.2, 0.25) is 0 Å². The van der Waals surface area contributed by atoms with E-state index in [1.807, 2.05) is 0 Å². The van der Waals surface area contributed by atoms with Crippen molar-refractivity contribution in [3.8, 4) is 0 Å². The van der Waals surface area contributed by atoms with E-state index in [-0.39, 0.29) is 10.7 Å². The number of H-pyrrole nitrogens is 1. The van der Waals surface area contributed by atoms with Gasteiger partial charge in [0.1, 0.15) is 16.5 Å². The molecule has 0 amide bonds. The van der Waals surface area contributed by atoms with Gasteiger partial charge in [0.15, 0.2) is 0 Å². The molecule has 4 N–H and O–H groups in total. The van der Waals surface area contributed by atoms with Crippen LogP contribution >= 0.6 is 11.8 Å². The van der Waals surface area contributed by atoms with Crippen molar-refractivity contribution in [1.29, 1.82) is 0 Å². The highest BCUT2D eigenvalue weighted by atomic mass is 32.2. The molecule has 0 radical (unpaired) electrons. The number of carboxylic acids is 1. The molecule has 0 fully saturated rings. The molecule has 0 spiro atoms. The van der Waals surface area contributed by atoms with E-state index in [9.17, 15) is 14.0 Å². The topological polar surface area (TPSA) is 109 Å². The van der Waals surface area contributed by atoms with Gasteiger partial charge in [-0.3, -0.25) is 4.79 Å². The number of nitrogens with zero attached hydrogens (tertiary/aromatic N) is 1. The van der Waals surface area contributed by atoms with Gasteiger partial charge < -0.3 is 15.8 Å². The van der Waals surface area contributed by atoms with Crippen molar-refractivity contribution in [1.82, 2.24) is 9.97 Å². The fourth-order valence-corrected chi connectivity index (χ4v) is 2.16. The Balaban J connectivity index is 2.39. The first-order valence-electron chi connectivity index (χ1n) is 5.03. The van der Waals surface area contributed by atoms with Crippen LogP contribution in [-0.2, 0) is 0 Å². The normalized spacial score (nSPS) is 10.4. The molecule has 0 atom stereocenters. The summed E-state index contributed by atoms with van der Waals surface area (Å²) < 4.78 is 13.2. The Labute approximate surface area is 110 Å². The number of carbonyl (C=O) groups is 1. The Morgan fingerprint density at radius 1 is 1.47 bits per heavy atom. The third-order valence-electron chi connectivity index (χ3n) is 2.24. The van der Waals surface area contributed by atoms with Crippen molar-refractivity contribution in [2.45, 2.75) is 9.92 Å². The van der Waals surface area contributed by atoms with E-state index in [0.717, 1.165) is 23.9 Å². The Hall–Kier alpha value is -2.35. The molecule has 8 heteroatoms. The average molecular weight is 281 g/mol. The van der Waals surface area contributed by atoms with Crippen molar-refractivity contribution in [3.05, 3.63) is 46.3 Å². The zero-order valence-electron chi connectivity index (χ0n) is 9.38. The fraction of sp³-hybridized carbons (Fsp3) is 0. The van der Waals surface area contributed by atoms with E-state index in [1.54, 1.807) is 0 Å². The number of hydrogen-bond acceptors (Lipinski definition) is 5. The maximum Gasteiger partial charge on any atom is 0.338 e. The van der Waals surface area contributed by atoms with Gasteiger partial charge in [0.05, 0.1) is 11.9 Å². The van der Waals surface area contributed by atoms with E-state index in [0.29, 0.717) is 4.90 Å². The molecule has 98 valence electrons. The van der Waals surface area contributed by atoms with Gasteiger partial charge in [-0.1, -0.05) is 11.8 Å². The van der Waals surface area contributed by atoms with Crippen molar-refractivity contribution in [2.75, 3.05) is 5.73 Å². The van der Waals surface area contributed by atoms with Crippen LogP contribution in [0.3, 0.4) is 0 Å². The molecule has 0 saturated carbocycles. The molecule has 0 saturated heterocycles. The first-order chi connectivity index (χ1) is 8.99. The summed E-state index contributed by atoms with van der Waals surface area (Å²) in [5.41, 5.74) is 4.53. The predicted octanol–water partition coefficient (Wildman–Crippen LogP) is 1.34. The number of nitrogens with two attached hydrogens (primary N) is 1. The monoisotopic (exact) mass is 281 g/mol. The summed E-state index contributed by atoms with van der Waals surface area (Å²) in [5, 5.41) is 9.04. The quantitative estimate of drug-likeness (QED) is 0.732. The third-order valence-corrected chi connectivity index (χ3v) is 3.24. The number of rotatable bonds is 3. The summed E-state index contributed by atoms with van der Waals surface area (Å²) in [4.78, 5) is 28.7. The molecule has 0 bridgehead atoms. The van der Waals surface area contributed by atoms with Crippen molar-refractivity contribution in [2.24, 2.45) is 0 Å². The van der Waals surface area contributed by atoms with Crippen molar-refractivity contribution in [3.63, 3.8) is 0 Å². The second kappa shape index (κ2) is 5.11. The standard InChI is InChI=1S/C11H8FN3O3S/c12-7-2-1-5(3-6(7)11(17)18)19-10-8(13)9(16)14-4-15-10/h1-4H,13H2,(H,17,18)(H,14,15,16). The summed E-state index contributed by atoms with van der Waals surface area (Å²) in [6.07, 6.45) is 1.18. The number of halogens is 1. The largest absolute Gasteiger partial charge is 0.478 e. The fourth-order valence-electron chi connectivity index (χ4n) is 1.32. The second-order valence-corrected chi connectivity index (χ2v) is 4.56. The van der Waals surface area contributed by atoms with E-state index in [4.69, 9.17) is 10.8 Å². The second-order valence-electron chi connectivity index (χ2n) is 3.50. The van der Waals surface area contributed by atoms with E-state index >= 15 is 0 Å². The van der Waals surface area contributed by atoms with Gasteiger partial charge in [0, 0.05) is 4.90 Å². The molecular weight excluding hydrogens is 273 g/mol. The predicted molar refractivity (Wildman–Crippen MR) is 66.8 cm³/mol. The number of anilines is 1. The third kappa shape index (κ3) is 2.74. The molecule has 19 heavy (non-hydrogen) atoms. The van der Waals surface area contributed by atoms with Crippen molar-refractivity contribution < 1.29 is 14.3 Å². The molecule has 0 aliphatic carbocycles. The molecule has 1 heterocycles. The van der Waals surface area contributed by atoms with Crippen molar-refractivity contribution >= 4 is 23.4 Å². The maximum absolute atomic E-state index is 13.2. The van der Waals surface area contributed by atoms with Crippen LogP contribution in [-0.4, -0.2) is 21.0 Å². The summed E-state index contributed by atoms with van der Waals surface area (Å²) in [6, 6.07) is 3.58. The Kier molecular flexibility index (Phi) is 3.52. The summed E-state index contributed by atoms with van der Waals surface area (Å²) in [5.74, 6) is -2.20. The molecule has 0 aliphatic rings. The van der Waals surface area contributed by atoms with Crippen LogP contribution in [0.2, 0.25) is 0 Å². The van der Waals surface area contributed by atoms with Crippen LogP contribution in [0.1, 0.15) is 10.4 Å². The highest BCUT2D eigenvalue weighted by Crippen LogP contribution is 2.29. The lowest BCUT2D eigenvalue weighted by Crippen LogP contribution is -2.13. The SMILES string of the molecule is Nc1c(Sc2ccc(F)c(C(=O)O)c2)nc[nH]c1=O. The minimum absolute atomic E-state index is 0.0753. The molecule has 1 aromatic carbocycles. The smallest absolute Gasteiger partial charge is 0.338 e. The van der Waals surface area contributed by atoms with E-state index in [2.05, 4.69) is 9.97 Å². The molecule has 1 aromatic heterocycles. The number of carboxylic acid groups (broad SMARTS) is 1. The number of aromatic carboxylic acids is 1. The van der Waals surface area contributed by atoms with Gasteiger partial charge in [-0.2, -0.15) is 0 Å². The molecule has 0 aliphatic heterocycles. The number of aromatic amines is 1. The lowest BCUT2D eigenvalue weighted by molar-refractivity contribution is 0.0691. The van der Waals surface area contributed by atoms with Crippen LogP contribution in [0.5, 0.6) is 0 Å². The maximum atomic E-state index is 13.2. The first-order valence-corrected chi connectivity index (χ1v) is 5.84. The Bertz CT molecular complexity index is 702. The van der Waals surface area contributed by atoms with Gasteiger partial charge in [-0.25, -0.2) is 14.2 Å². The Morgan fingerprint density at radius 2 is 2.21 bits per heavy atom. The zero-order chi connectivity index (χ0) is 14.0. The number of nitrogens with one attached hydrogen (secondary N) is 1. The number of benzene rings is 1. The number of aromatic nitrogens is 2. The minimum atomic E-state index is -1.37. The molecule has 0 unspecified atom stereocenters. The lowest BCUT2D eigenvalue weighted by atomic mass is 10.2. The van der Waals surface area contributed by atoms with Gasteiger partial charge in [0.25, 0.3) is 5.56 Å². The highest BCUT2D eigenvalue weighted by molar-refractivity contribution is 7.99. The van der Waals surface area contributed by atoms with Gasteiger partial charge >= 0.3 is 5.97 Å². The number of nitrogen functional groups attached to an aromatic ring is 1. The average Bonchev–Trinajstić information content (AvgIpc) is 2.37. The highest BCUT2D eigenvalue weighted by Gasteiger charge is 2.13. The van der Waals surface area contributed by atoms with Crippen LogP contribution in [0.4, 0.5) is 10.1 Å². The minimum Gasteiger partial charge on any atom is -0.478 e. The van der Waals surface area contributed by atoms with E-state index < -0.39 is 22.9 Å². The van der Waals surface area contributed by atoms with Gasteiger partial charge in [-0.05, 0) is 18.2 Å². The summed E-state index contributed by atoms with van der Waals surface area (Å²) in [7, 11) is 0. The van der Waals surface area contributed by atoms with Crippen LogP contribution in [0.15, 0.2) is 39.2 Å². The molecule has 2 aromatic rings. The van der Waals surface area contributed by atoms with Crippen LogP contribution in [0, 0.1) is 5.82 Å².